The molecule has 0 aromatic heterocycles. The van der Waals surface area contributed by atoms with Crippen LogP contribution in [0.15, 0.2) is 36.0 Å². The van der Waals surface area contributed by atoms with Gasteiger partial charge in [-0.05, 0) is 103 Å². The van der Waals surface area contributed by atoms with Gasteiger partial charge in [0.2, 0.25) is 0 Å². The maximum Gasteiger partial charge on any atom is 0.307 e. The number of hydrogen-bond donors (Lipinski definition) is 1. The highest BCUT2D eigenvalue weighted by molar-refractivity contribution is 5.99. The van der Waals surface area contributed by atoms with Crippen LogP contribution in [-0.2, 0) is 47.5 Å². The number of cyclic esters (lactones) is 1. The van der Waals surface area contributed by atoms with Crippen LogP contribution in [0.2, 0.25) is 0 Å². The third kappa shape index (κ3) is 8.48. The first-order chi connectivity index (χ1) is 25.9. The molecule has 0 aromatic carbocycles. The number of ether oxygens (including phenoxy) is 8. The summed E-state index contributed by atoms with van der Waals surface area (Å²) in [5.41, 5.74) is 0.665. The Morgan fingerprint density at radius 2 is 1.56 bits per heavy atom. The largest absolute Gasteiger partial charge is 0.458 e. The average molecular weight is 760 g/mol. The van der Waals surface area contributed by atoms with E-state index in [1.54, 1.807) is 21.3 Å². The van der Waals surface area contributed by atoms with Crippen LogP contribution in [0.25, 0.3) is 0 Å². The second-order valence-corrected chi connectivity index (χ2v) is 16.6. The van der Waals surface area contributed by atoms with Gasteiger partial charge in [0.05, 0.1) is 36.9 Å². The molecule has 0 unspecified atom stereocenters. The number of rotatable bonds is 9. The minimum Gasteiger partial charge on any atom is -0.458 e. The molecule has 6 aliphatic rings. The Labute approximate surface area is 321 Å². The van der Waals surface area contributed by atoms with Crippen LogP contribution in [0, 0.1) is 35.5 Å². The van der Waals surface area contributed by atoms with Gasteiger partial charge in [-0.25, -0.2) is 0 Å². The highest BCUT2D eigenvalue weighted by Gasteiger charge is 2.55. The van der Waals surface area contributed by atoms with E-state index in [9.17, 15) is 14.7 Å². The Balaban J connectivity index is 1.24. The Morgan fingerprint density at radius 3 is 2.22 bits per heavy atom. The molecule has 0 amide bonds. The van der Waals surface area contributed by atoms with Crippen molar-refractivity contribution in [1.29, 1.82) is 0 Å². The summed E-state index contributed by atoms with van der Waals surface area (Å²) in [7, 11) is 8.97. The average Bonchev–Trinajstić information content (AvgIpc) is 3.66. The number of likely N-dealkylation sites (N-methyl/N-ethyl adjacent to an activating group) is 1. The molecule has 1 N–H and O–H groups in total. The predicted octanol–water partition coefficient (Wildman–Crippen LogP) is 4.62. The second kappa shape index (κ2) is 18.1. The first-order valence-corrected chi connectivity index (χ1v) is 20.2. The van der Waals surface area contributed by atoms with Crippen LogP contribution >= 0.6 is 0 Å². The minimum absolute atomic E-state index is 0.00553. The number of aliphatic hydroxyl groups is 1. The van der Waals surface area contributed by atoms with Gasteiger partial charge in [-0.15, -0.1) is 0 Å². The SMILES string of the molecule is C/C=C/[C@H]1CCC[C@H](O[C@H]2CC[C@H](N(C)C)[C@@H](C)O2)[C@@H](C)C(=O)C2=C[C@@H]3[C@@H](C=C[C@@H]4[C@H](O)[C@@H](O[C@@H]5O[C@@H](C)[C@H](OC)[C@@H](OC)[C@H]5OC)C[C@H]43)[C@@H]2CC(=O)O1. The Kier molecular flexibility index (Phi) is 13.9. The number of allylic oxidation sites excluding steroid dienone is 4. The van der Waals surface area contributed by atoms with Crippen molar-refractivity contribution in [3.8, 4) is 0 Å². The molecule has 0 aromatic rings. The van der Waals surface area contributed by atoms with Crippen molar-refractivity contribution in [1.82, 2.24) is 4.90 Å². The summed E-state index contributed by atoms with van der Waals surface area (Å²) < 4.78 is 49.2. The predicted molar refractivity (Wildman–Crippen MR) is 200 cm³/mol. The lowest BCUT2D eigenvalue weighted by Crippen LogP contribution is -2.60. The van der Waals surface area contributed by atoms with Gasteiger partial charge in [-0.3, -0.25) is 9.59 Å². The Bertz CT molecular complexity index is 1380. The van der Waals surface area contributed by atoms with E-state index in [-0.39, 0.29) is 78.3 Å². The lowest BCUT2D eigenvalue weighted by atomic mass is 9.70. The lowest BCUT2D eigenvalue weighted by molar-refractivity contribution is -0.319. The van der Waals surface area contributed by atoms with E-state index in [0.717, 1.165) is 19.3 Å². The molecule has 3 aliphatic heterocycles. The van der Waals surface area contributed by atoms with E-state index in [2.05, 4.69) is 44.1 Å². The van der Waals surface area contributed by atoms with Gasteiger partial charge < -0.3 is 47.9 Å². The second-order valence-electron chi connectivity index (χ2n) is 16.6. The van der Waals surface area contributed by atoms with Crippen LogP contribution in [0.1, 0.15) is 72.6 Å². The molecule has 3 saturated heterocycles. The van der Waals surface area contributed by atoms with E-state index in [1.165, 1.54) is 0 Å². The summed E-state index contributed by atoms with van der Waals surface area (Å²) in [6, 6.07) is 0.311. The van der Waals surface area contributed by atoms with Gasteiger partial charge in [-0.1, -0.05) is 31.2 Å². The van der Waals surface area contributed by atoms with Crippen molar-refractivity contribution in [2.24, 2.45) is 35.5 Å². The van der Waals surface area contributed by atoms with E-state index >= 15 is 0 Å². The van der Waals surface area contributed by atoms with Crippen LogP contribution < -0.4 is 0 Å². The molecule has 18 atom stereocenters. The molecular weight excluding hydrogens is 694 g/mol. The van der Waals surface area contributed by atoms with Crippen molar-refractivity contribution in [2.45, 2.75) is 146 Å². The molecule has 3 heterocycles. The maximum absolute atomic E-state index is 14.7. The number of esters is 1. The molecule has 12 nitrogen and oxygen atoms in total. The standard InChI is InChI=1S/C42H65NO11/c1-10-12-25-13-11-14-33(53-36-18-17-32(43(5)6)23(3)50-36)22(2)37(45)31-19-28-26(30(31)21-35(44)52-25)15-16-27-29(28)20-34(38(27)46)54-42-41(49-9)40(48-8)39(47-7)24(4)51-42/h10,12,15-16,19,22-30,32-34,36,38-42,46H,11,13-14,17-18,20-21H2,1-9H3/b12-10+/t22-,23-,24+,25+,26-,27+,28-,29-,30+,32+,33+,34+,36+,38+,39+,40-,41-,42+/m1/s1. The van der Waals surface area contributed by atoms with Gasteiger partial charge in [0.25, 0.3) is 0 Å². The van der Waals surface area contributed by atoms with Crippen molar-refractivity contribution in [3.05, 3.63) is 36.0 Å². The molecule has 54 heavy (non-hydrogen) atoms. The first kappa shape index (κ1) is 41.6. The molecule has 0 bridgehead atoms. The van der Waals surface area contributed by atoms with Crippen LogP contribution in [-0.4, -0.2) is 131 Å². The number of fused-ring (bicyclic) bond motifs is 5. The molecule has 1 saturated carbocycles. The van der Waals surface area contributed by atoms with E-state index in [1.807, 2.05) is 32.9 Å². The number of carbonyl (C=O) groups excluding carboxylic acids is 2. The molecular formula is C42H65NO11. The zero-order valence-electron chi connectivity index (χ0n) is 33.7. The third-order valence-electron chi connectivity index (χ3n) is 13.3. The number of aliphatic hydroxyl groups excluding tert-OH is 1. The summed E-state index contributed by atoms with van der Waals surface area (Å²) in [5, 5.41) is 11.7. The highest BCUT2D eigenvalue weighted by atomic mass is 16.7. The fraction of sp³-hybridized carbons (Fsp3) is 0.810. The number of methoxy groups -OCH3 is 3. The van der Waals surface area contributed by atoms with Crippen molar-refractivity contribution in [2.75, 3.05) is 35.4 Å². The molecule has 4 fully saturated rings. The normalized spacial score (nSPS) is 46.0. The highest BCUT2D eigenvalue weighted by Crippen LogP contribution is 2.54. The Hall–Kier alpha value is -2.00. The topological polar surface area (TPSA) is 131 Å². The molecule has 0 spiro atoms. The molecule has 12 heteroatoms. The number of ketones is 1. The van der Waals surface area contributed by atoms with E-state index in [4.69, 9.17) is 37.9 Å². The zero-order valence-corrected chi connectivity index (χ0v) is 33.7. The van der Waals surface area contributed by atoms with Gasteiger partial charge in [0.1, 0.15) is 24.4 Å². The molecule has 0 radical (unpaired) electrons. The van der Waals surface area contributed by atoms with Crippen molar-refractivity contribution >= 4 is 11.8 Å². The Morgan fingerprint density at radius 1 is 0.833 bits per heavy atom. The maximum atomic E-state index is 14.7. The zero-order chi connectivity index (χ0) is 38.8. The summed E-state index contributed by atoms with van der Waals surface area (Å²) in [4.78, 5) is 30.5. The number of hydrogen-bond acceptors (Lipinski definition) is 12. The number of Topliss-reactive ketones (excluding diaryl/α,β-unsaturated/α-hetero) is 1. The summed E-state index contributed by atoms with van der Waals surface area (Å²) in [5.74, 6) is -1.44. The third-order valence-corrected chi connectivity index (χ3v) is 13.3. The van der Waals surface area contributed by atoms with Gasteiger partial charge in [0.15, 0.2) is 18.4 Å². The fourth-order valence-electron chi connectivity index (χ4n) is 10.4. The van der Waals surface area contributed by atoms with Crippen LogP contribution in [0.4, 0.5) is 0 Å². The minimum atomic E-state index is -0.793. The van der Waals surface area contributed by atoms with E-state index in [0.29, 0.717) is 30.9 Å². The summed E-state index contributed by atoms with van der Waals surface area (Å²) in [6.45, 7) is 7.90. The van der Waals surface area contributed by atoms with Gasteiger partial charge in [-0.2, -0.15) is 0 Å². The summed E-state index contributed by atoms with van der Waals surface area (Å²) in [6.07, 6.45) is 9.68. The number of carbonyl (C=O) groups is 2. The quantitative estimate of drug-likeness (QED) is 0.260. The van der Waals surface area contributed by atoms with Crippen LogP contribution in [0.5, 0.6) is 0 Å². The fourth-order valence-corrected chi connectivity index (χ4v) is 10.4. The lowest BCUT2D eigenvalue weighted by Gasteiger charge is -2.44. The van der Waals surface area contributed by atoms with Gasteiger partial charge >= 0.3 is 5.97 Å². The molecule has 6 rings (SSSR count). The molecule has 3 aliphatic carbocycles. The van der Waals surface area contributed by atoms with E-state index < -0.39 is 42.9 Å². The monoisotopic (exact) mass is 759 g/mol. The van der Waals surface area contributed by atoms with Crippen molar-refractivity contribution < 1.29 is 52.6 Å². The van der Waals surface area contributed by atoms with Gasteiger partial charge in [0, 0.05) is 45.1 Å². The number of nitrogens with zero attached hydrogens (tertiary/aromatic N) is 1. The summed E-state index contributed by atoms with van der Waals surface area (Å²) >= 11 is 0. The van der Waals surface area contributed by atoms with Crippen LogP contribution in [0.3, 0.4) is 0 Å². The first-order valence-electron chi connectivity index (χ1n) is 20.2. The smallest absolute Gasteiger partial charge is 0.307 e. The van der Waals surface area contributed by atoms with Crippen molar-refractivity contribution in [3.63, 3.8) is 0 Å². The molecule has 304 valence electrons.